The van der Waals surface area contributed by atoms with E-state index in [0.717, 1.165) is 25.1 Å². The van der Waals surface area contributed by atoms with Gasteiger partial charge >= 0.3 is 0 Å². The molecule has 0 aromatic heterocycles. The molecule has 1 fully saturated rings. The van der Waals surface area contributed by atoms with Crippen molar-refractivity contribution in [2.75, 3.05) is 11.9 Å². The summed E-state index contributed by atoms with van der Waals surface area (Å²) in [5.74, 6) is 0.308. The molecule has 4 heteroatoms. The van der Waals surface area contributed by atoms with Crippen LogP contribution in [0.4, 0.5) is 10.1 Å². The third-order valence-electron chi connectivity index (χ3n) is 3.35. The van der Waals surface area contributed by atoms with Crippen LogP contribution in [0, 0.1) is 11.7 Å². The highest BCUT2D eigenvalue weighted by Crippen LogP contribution is 2.25. The van der Waals surface area contributed by atoms with Gasteiger partial charge in [-0.1, -0.05) is 13.8 Å². The highest BCUT2D eigenvalue weighted by atomic mass is 79.9. The van der Waals surface area contributed by atoms with Crippen molar-refractivity contribution in [3.8, 4) is 0 Å². The molecule has 2 nitrogen and oxygen atoms in total. The lowest BCUT2D eigenvalue weighted by molar-refractivity contribution is -0.0160. The molecular formula is C14H19BrFNO. The number of hydrogen-bond donors (Lipinski definition) is 1. The van der Waals surface area contributed by atoms with Gasteiger partial charge in [0.05, 0.1) is 10.6 Å². The van der Waals surface area contributed by atoms with Gasteiger partial charge in [-0.2, -0.15) is 0 Å². The molecule has 1 saturated heterocycles. The summed E-state index contributed by atoms with van der Waals surface area (Å²) in [5, 5.41) is 3.46. The molecule has 2 rings (SSSR count). The van der Waals surface area contributed by atoms with E-state index in [-0.39, 0.29) is 5.82 Å². The molecule has 1 N–H and O–H groups in total. The van der Waals surface area contributed by atoms with Crippen molar-refractivity contribution in [3.63, 3.8) is 0 Å². The number of nitrogens with one attached hydrogen (secondary N) is 1. The third-order valence-corrected chi connectivity index (χ3v) is 3.96. The molecule has 0 saturated carbocycles. The standard InChI is InChI=1S/C14H19BrFNO/c1-9(2)14-8-11(5-6-18-14)17-10-3-4-13(16)12(15)7-10/h3-4,7,9,11,14,17H,5-6,8H2,1-2H3. The van der Waals surface area contributed by atoms with Gasteiger partial charge in [0.2, 0.25) is 0 Å². The number of hydrogen-bond acceptors (Lipinski definition) is 2. The summed E-state index contributed by atoms with van der Waals surface area (Å²) in [7, 11) is 0. The van der Waals surface area contributed by atoms with Gasteiger partial charge in [-0.25, -0.2) is 4.39 Å². The number of halogens is 2. The molecule has 100 valence electrons. The largest absolute Gasteiger partial charge is 0.382 e. The van der Waals surface area contributed by atoms with E-state index in [1.54, 1.807) is 12.1 Å². The Kier molecular flexibility index (Phi) is 4.62. The minimum Gasteiger partial charge on any atom is -0.382 e. The molecule has 0 spiro atoms. The van der Waals surface area contributed by atoms with E-state index in [1.807, 2.05) is 0 Å². The van der Waals surface area contributed by atoms with Gasteiger partial charge in [0, 0.05) is 18.3 Å². The number of benzene rings is 1. The Balaban J connectivity index is 1.98. The summed E-state index contributed by atoms with van der Waals surface area (Å²) >= 11 is 3.21. The second-order valence-corrected chi connectivity index (χ2v) is 6.00. The highest BCUT2D eigenvalue weighted by Gasteiger charge is 2.24. The van der Waals surface area contributed by atoms with Crippen LogP contribution in [0.3, 0.4) is 0 Å². The number of rotatable bonds is 3. The summed E-state index contributed by atoms with van der Waals surface area (Å²) in [6.45, 7) is 5.16. The lowest BCUT2D eigenvalue weighted by atomic mass is 9.95. The minimum atomic E-state index is -0.229. The highest BCUT2D eigenvalue weighted by molar-refractivity contribution is 9.10. The maximum absolute atomic E-state index is 13.2. The van der Waals surface area contributed by atoms with E-state index in [9.17, 15) is 4.39 Å². The van der Waals surface area contributed by atoms with Crippen LogP contribution >= 0.6 is 15.9 Å². The molecule has 1 heterocycles. The van der Waals surface area contributed by atoms with E-state index < -0.39 is 0 Å². The average Bonchev–Trinajstić information content (AvgIpc) is 2.34. The van der Waals surface area contributed by atoms with Crippen molar-refractivity contribution in [3.05, 3.63) is 28.5 Å². The Labute approximate surface area is 116 Å². The second kappa shape index (κ2) is 6.02. The smallest absolute Gasteiger partial charge is 0.137 e. The van der Waals surface area contributed by atoms with Crippen molar-refractivity contribution in [2.45, 2.75) is 38.8 Å². The van der Waals surface area contributed by atoms with Gasteiger partial charge in [-0.05, 0) is 52.9 Å². The quantitative estimate of drug-likeness (QED) is 0.902. The minimum absolute atomic E-state index is 0.229. The normalized spacial score (nSPS) is 24.3. The molecule has 1 aromatic rings. The summed E-state index contributed by atoms with van der Waals surface area (Å²) in [6.07, 6.45) is 2.32. The van der Waals surface area contributed by atoms with E-state index in [2.05, 4.69) is 35.1 Å². The van der Waals surface area contributed by atoms with Crippen molar-refractivity contribution >= 4 is 21.6 Å². The molecular weight excluding hydrogens is 297 g/mol. The van der Waals surface area contributed by atoms with Crippen LogP contribution in [0.2, 0.25) is 0 Å². The van der Waals surface area contributed by atoms with E-state index in [4.69, 9.17) is 4.74 Å². The third kappa shape index (κ3) is 3.45. The van der Waals surface area contributed by atoms with Crippen LogP contribution in [0.5, 0.6) is 0 Å². The SMILES string of the molecule is CC(C)C1CC(Nc2ccc(F)c(Br)c2)CCO1. The Morgan fingerprint density at radius 1 is 1.44 bits per heavy atom. The zero-order valence-corrected chi connectivity index (χ0v) is 12.3. The summed E-state index contributed by atoms with van der Waals surface area (Å²) in [6, 6.07) is 5.45. The first-order valence-corrected chi connectivity index (χ1v) is 7.18. The molecule has 2 unspecified atom stereocenters. The Bertz CT molecular complexity index is 411. The first kappa shape index (κ1) is 13.8. The van der Waals surface area contributed by atoms with Gasteiger partial charge in [0.15, 0.2) is 0 Å². The van der Waals surface area contributed by atoms with Crippen LogP contribution in [0.15, 0.2) is 22.7 Å². The molecule has 0 aliphatic carbocycles. The van der Waals surface area contributed by atoms with Crippen molar-refractivity contribution in [2.24, 2.45) is 5.92 Å². The van der Waals surface area contributed by atoms with Crippen LogP contribution in [-0.4, -0.2) is 18.8 Å². The van der Waals surface area contributed by atoms with Crippen LogP contribution in [-0.2, 0) is 4.74 Å². The topological polar surface area (TPSA) is 21.3 Å². The lowest BCUT2D eigenvalue weighted by Crippen LogP contribution is -2.36. The lowest BCUT2D eigenvalue weighted by Gasteiger charge is -2.33. The molecule has 0 bridgehead atoms. The summed E-state index contributed by atoms with van der Waals surface area (Å²) < 4.78 is 19.4. The van der Waals surface area contributed by atoms with Gasteiger partial charge in [0.1, 0.15) is 5.82 Å². The fourth-order valence-corrected chi connectivity index (χ4v) is 2.62. The van der Waals surface area contributed by atoms with Gasteiger partial charge < -0.3 is 10.1 Å². The Morgan fingerprint density at radius 2 is 2.22 bits per heavy atom. The average molecular weight is 316 g/mol. The summed E-state index contributed by atoms with van der Waals surface area (Å²) in [4.78, 5) is 0. The number of anilines is 1. The van der Waals surface area contributed by atoms with Crippen molar-refractivity contribution in [1.82, 2.24) is 0 Å². The summed E-state index contributed by atoms with van der Waals surface area (Å²) in [5.41, 5.74) is 0.956. The maximum Gasteiger partial charge on any atom is 0.137 e. The zero-order valence-electron chi connectivity index (χ0n) is 10.7. The molecule has 0 amide bonds. The monoisotopic (exact) mass is 315 g/mol. The predicted octanol–water partition coefficient (Wildman–Crippen LogP) is 4.20. The number of ether oxygens (including phenoxy) is 1. The zero-order chi connectivity index (χ0) is 13.1. The fraction of sp³-hybridized carbons (Fsp3) is 0.571. The predicted molar refractivity (Wildman–Crippen MR) is 75.3 cm³/mol. The molecule has 2 atom stereocenters. The van der Waals surface area contributed by atoms with Gasteiger partial charge in [-0.3, -0.25) is 0 Å². The molecule has 1 aliphatic rings. The van der Waals surface area contributed by atoms with E-state index in [1.165, 1.54) is 6.07 Å². The first-order valence-electron chi connectivity index (χ1n) is 6.39. The van der Waals surface area contributed by atoms with Gasteiger partial charge in [-0.15, -0.1) is 0 Å². The van der Waals surface area contributed by atoms with Gasteiger partial charge in [0.25, 0.3) is 0 Å². The Morgan fingerprint density at radius 3 is 2.89 bits per heavy atom. The van der Waals surface area contributed by atoms with E-state index in [0.29, 0.717) is 22.5 Å². The van der Waals surface area contributed by atoms with Crippen molar-refractivity contribution in [1.29, 1.82) is 0 Å². The molecule has 0 radical (unpaired) electrons. The first-order chi connectivity index (χ1) is 8.56. The molecule has 1 aromatic carbocycles. The fourth-order valence-electron chi connectivity index (χ4n) is 2.25. The molecule has 1 aliphatic heterocycles. The van der Waals surface area contributed by atoms with Crippen molar-refractivity contribution < 1.29 is 9.13 Å². The maximum atomic E-state index is 13.2. The van der Waals surface area contributed by atoms with Crippen LogP contribution in [0.25, 0.3) is 0 Å². The van der Waals surface area contributed by atoms with E-state index >= 15 is 0 Å². The Hall–Kier alpha value is -0.610. The van der Waals surface area contributed by atoms with Crippen LogP contribution in [0.1, 0.15) is 26.7 Å². The van der Waals surface area contributed by atoms with Crippen LogP contribution < -0.4 is 5.32 Å². The molecule has 18 heavy (non-hydrogen) atoms. The second-order valence-electron chi connectivity index (χ2n) is 5.15.